The number of aryl methyl sites for hydroxylation is 1. The van der Waals surface area contributed by atoms with E-state index in [1.165, 1.54) is 5.56 Å². The van der Waals surface area contributed by atoms with Crippen molar-refractivity contribution >= 4 is 11.9 Å². The second-order valence-corrected chi connectivity index (χ2v) is 4.19. The molecule has 0 bridgehead atoms. The molecule has 2 heterocycles. The van der Waals surface area contributed by atoms with Gasteiger partial charge in [0.05, 0.1) is 0 Å². The molecule has 2 aromatic heterocycles. The molecule has 0 unspecified atom stereocenters. The zero-order valence-corrected chi connectivity index (χ0v) is 9.87. The molecule has 88 valence electrons. The maximum atomic E-state index is 10.7. The van der Waals surface area contributed by atoms with Crippen molar-refractivity contribution in [1.29, 1.82) is 0 Å². The van der Waals surface area contributed by atoms with Gasteiger partial charge in [0.2, 0.25) is 0 Å². The largest absolute Gasteiger partial charge is 0.298 e. The molecule has 0 N–H and O–H groups in total. The van der Waals surface area contributed by atoms with Gasteiger partial charge in [0.15, 0.2) is 17.8 Å². The minimum Gasteiger partial charge on any atom is -0.298 e. The molecule has 0 amide bonds. The number of aromatic nitrogens is 3. The maximum Gasteiger partial charge on any atom is 0.182 e. The van der Waals surface area contributed by atoms with Crippen molar-refractivity contribution < 1.29 is 4.79 Å². The average molecular weight is 237 g/mol. The van der Waals surface area contributed by atoms with Crippen LogP contribution in [0.25, 0.3) is 17.0 Å². The van der Waals surface area contributed by atoms with E-state index in [0.29, 0.717) is 11.4 Å². The highest BCUT2D eigenvalue weighted by Crippen LogP contribution is 2.17. The van der Waals surface area contributed by atoms with Crippen LogP contribution in [0.2, 0.25) is 0 Å². The van der Waals surface area contributed by atoms with Crippen LogP contribution in [0.5, 0.6) is 0 Å². The Balaban J connectivity index is 2.16. The summed E-state index contributed by atoms with van der Waals surface area (Å²) in [4.78, 5) is 15.1. The van der Waals surface area contributed by atoms with Gasteiger partial charge in [-0.2, -0.15) is 0 Å². The van der Waals surface area contributed by atoms with Crippen LogP contribution < -0.4 is 0 Å². The highest BCUT2D eigenvalue weighted by Gasteiger charge is 2.06. The molecule has 0 radical (unpaired) electrons. The molecule has 4 heteroatoms. The molecule has 0 saturated carbocycles. The number of carbonyl (C=O) groups is 1. The molecule has 0 aliphatic rings. The molecule has 0 fully saturated rings. The van der Waals surface area contributed by atoms with E-state index in [0.717, 1.165) is 17.5 Å². The number of pyridine rings is 1. The SMILES string of the molecule is Cc1cccc(-c2nc3ccc(C=O)cn3n2)c1. The number of hydrogen-bond donors (Lipinski definition) is 0. The predicted octanol–water partition coefficient (Wildman–Crippen LogP) is 2.52. The molecular formula is C14H11N3O. The Labute approximate surface area is 104 Å². The molecule has 0 aliphatic heterocycles. The Morgan fingerprint density at radius 2 is 2.11 bits per heavy atom. The normalized spacial score (nSPS) is 10.7. The molecule has 3 aromatic rings. The summed E-state index contributed by atoms with van der Waals surface area (Å²) < 4.78 is 1.63. The summed E-state index contributed by atoms with van der Waals surface area (Å²) in [6, 6.07) is 11.5. The summed E-state index contributed by atoms with van der Waals surface area (Å²) in [5.74, 6) is 0.668. The highest BCUT2D eigenvalue weighted by molar-refractivity contribution is 5.75. The van der Waals surface area contributed by atoms with Gasteiger partial charge in [-0.05, 0) is 25.1 Å². The first-order valence-corrected chi connectivity index (χ1v) is 5.65. The molecule has 1 aromatic carbocycles. The molecule has 0 aliphatic carbocycles. The summed E-state index contributed by atoms with van der Waals surface area (Å²) in [5.41, 5.74) is 3.46. The van der Waals surface area contributed by atoms with E-state index in [4.69, 9.17) is 0 Å². The van der Waals surface area contributed by atoms with Gasteiger partial charge < -0.3 is 0 Å². The van der Waals surface area contributed by atoms with Gasteiger partial charge in [-0.1, -0.05) is 23.8 Å². The summed E-state index contributed by atoms with van der Waals surface area (Å²) in [6.45, 7) is 2.03. The van der Waals surface area contributed by atoms with Gasteiger partial charge in [0, 0.05) is 17.3 Å². The highest BCUT2D eigenvalue weighted by atomic mass is 16.1. The van der Waals surface area contributed by atoms with Gasteiger partial charge in [0.1, 0.15) is 0 Å². The lowest BCUT2D eigenvalue weighted by Crippen LogP contribution is -1.90. The first kappa shape index (κ1) is 10.7. The Kier molecular flexibility index (Phi) is 2.41. The van der Waals surface area contributed by atoms with E-state index in [1.807, 2.05) is 31.2 Å². The third-order valence-electron chi connectivity index (χ3n) is 2.77. The minimum atomic E-state index is 0.586. The summed E-state index contributed by atoms with van der Waals surface area (Å²) in [7, 11) is 0. The molecule has 0 atom stereocenters. The first-order valence-electron chi connectivity index (χ1n) is 5.65. The third-order valence-corrected chi connectivity index (χ3v) is 2.77. The summed E-state index contributed by atoms with van der Waals surface area (Å²) in [5, 5.41) is 4.38. The topological polar surface area (TPSA) is 47.3 Å². The Bertz CT molecular complexity index is 731. The van der Waals surface area contributed by atoms with E-state index >= 15 is 0 Å². The predicted molar refractivity (Wildman–Crippen MR) is 68.5 cm³/mol. The van der Waals surface area contributed by atoms with Crippen molar-refractivity contribution in [1.82, 2.24) is 14.6 Å². The molecule has 3 rings (SSSR count). The lowest BCUT2D eigenvalue weighted by Gasteiger charge is -1.95. The number of aldehydes is 1. The fourth-order valence-electron chi connectivity index (χ4n) is 1.88. The summed E-state index contributed by atoms with van der Waals surface area (Å²) in [6.07, 6.45) is 2.47. The van der Waals surface area contributed by atoms with Crippen LogP contribution in [-0.2, 0) is 0 Å². The second-order valence-electron chi connectivity index (χ2n) is 4.19. The number of nitrogens with zero attached hydrogens (tertiary/aromatic N) is 3. The zero-order chi connectivity index (χ0) is 12.5. The summed E-state index contributed by atoms with van der Waals surface area (Å²) >= 11 is 0. The molecule has 18 heavy (non-hydrogen) atoms. The quantitative estimate of drug-likeness (QED) is 0.643. The van der Waals surface area contributed by atoms with Crippen LogP contribution in [-0.4, -0.2) is 20.9 Å². The van der Waals surface area contributed by atoms with E-state index < -0.39 is 0 Å². The van der Waals surface area contributed by atoms with Crippen molar-refractivity contribution in [2.45, 2.75) is 6.92 Å². The monoisotopic (exact) mass is 237 g/mol. The number of rotatable bonds is 2. The Morgan fingerprint density at radius 3 is 2.89 bits per heavy atom. The molecular weight excluding hydrogens is 226 g/mol. The van der Waals surface area contributed by atoms with Crippen molar-refractivity contribution in [3.63, 3.8) is 0 Å². The van der Waals surface area contributed by atoms with Crippen molar-refractivity contribution in [3.05, 3.63) is 53.7 Å². The van der Waals surface area contributed by atoms with Crippen LogP contribution in [0.1, 0.15) is 15.9 Å². The van der Waals surface area contributed by atoms with Crippen LogP contribution in [0.3, 0.4) is 0 Å². The van der Waals surface area contributed by atoms with E-state index in [2.05, 4.69) is 10.1 Å². The van der Waals surface area contributed by atoms with Crippen LogP contribution >= 0.6 is 0 Å². The van der Waals surface area contributed by atoms with Gasteiger partial charge in [-0.15, -0.1) is 5.10 Å². The van der Waals surface area contributed by atoms with Gasteiger partial charge in [-0.3, -0.25) is 4.79 Å². The fraction of sp³-hybridized carbons (Fsp3) is 0.0714. The van der Waals surface area contributed by atoms with Gasteiger partial charge >= 0.3 is 0 Å². The van der Waals surface area contributed by atoms with E-state index in [-0.39, 0.29) is 0 Å². The number of benzene rings is 1. The zero-order valence-electron chi connectivity index (χ0n) is 9.87. The van der Waals surface area contributed by atoms with E-state index in [1.54, 1.807) is 22.8 Å². The Morgan fingerprint density at radius 1 is 1.22 bits per heavy atom. The number of hydrogen-bond acceptors (Lipinski definition) is 3. The third kappa shape index (κ3) is 1.78. The van der Waals surface area contributed by atoms with Crippen molar-refractivity contribution in [3.8, 4) is 11.4 Å². The van der Waals surface area contributed by atoms with Crippen LogP contribution in [0.4, 0.5) is 0 Å². The lowest BCUT2D eigenvalue weighted by atomic mass is 10.1. The van der Waals surface area contributed by atoms with Gasteiger partial charge in [-0.25, -0.2) is 9.50 Å². The van der Waals surface area contributed by atoms with Crippen molar-refractivity contribution in [2.24, 2.45) is 0 Å². The van der Waals surface area contributed by atoms with Crippen LogP contribution in [0, 0.1) is 6.92 Å². The van der Waals surface area contributed by atoms with E-state index in [9.17, 15) is 4.79 Å². The van der Waals surface area contributed by atoms with Crippen LogP contribution in [0.15, 0.2) is 42.6 Å². The van der Waals surface area contributed by atoms with Crippen molar-refractivity contribution in [2.75, 3.05) is 0 Å². The number of fused-ring (bicyclic) bond motifs is 1. The average Bonchev–Trinajstić information content (AvgIpc) is 2.81. The fourth-order valence-corrected chi connectivity index (χ4v) is 1.88. The minimum absolute atomic E-state index is 0.586. The lowest BCUT2D eigenvalue weighted by molar-refractivity contribution is 0.112. The number of carbonyl (C=O) groups excluding carboxylic acids is 1. The maximum absolute atomic E-state index is 10.7. The second kappa shape index (κ2) is 4.07. The standard InChI is InChI=1S/C14H11N3O/c1-10-3-2-4-12(7-10)14-15-13-6-5-11(9-18)8-17(13)16-14/h2-9H,1H3. The molecule has 0 spiro atoms. The smallest absolute Gasteiger partial charge is 0.182 e. The Hall–Kier alpha value is -2.49. The molecule has 0 saturated heterocycles. The first-order chi connectivity index (χ1) is 8.76. The van der Waals surface area contributed by atoms with Gasteiger partial charge in [0.25, 0.3) is 0 Å². The molecule has 4 nitrogen and oxygen atoms in total.